The Hall–Kier alpha value is -1.60. The van der Waals surface area contributed by atoms with Crippen LogP contribution in [0, 0.1) is 11.3 Å². The lowest BCUT2D eigenvalue weighted by Gasteiger charge is -2.26. The van der Waals surface area contributed by atoms with E-state index in [9.17, 15) is 5.26 Å². The third-order valence-corrected chi connectivity index (χ3v) is 4.12. The molecule has 1 aromatic heterocycles. The predicted molar refractivity (Wildman–Crippen MR) is 86.7 cm³/mol. The highest BCUT2D eigenvalue weighted by atomic mass is 15.2. The van der Waals surface area contributed by atoms with Gasteiger partial charge in [-0.15, -0.1) is 0 Å². The molecular formula is C17H26N4. The van der Waals surface area contributed by atoms with Gasteiger partial charge in [-0.1, -0.05) is 0 Å². The van der Waals surface area contributed by atoms with E-state index in [4.69, 9.17) is 4.98 Å². The van der Waals surface area contributed by atoms with Crippen LogP contribution in [0.15, 0.2) is 6.07 Å². The maximum atomic E-state index is 9.45. The highest BCUT2D eigenvalue weighted by Gasteiger charge is 2.18. The number of aromatic nitrogens is 1. The van der Waals surface area contributed by atoms with E-state index in [2.05, 4.69) is 43.0 Å². The quantitative estimate of drug-likeness (QED) is 0.806. The van der Waals surface area contributed by atoms with Gasteiger partial charge in [0.2, 0.25) is 0 Å². The Balaban J connectivity index is 2.21. The SMILES string of the molecule is CCN(CCCN(C)C)c1nc2c(cc1C#N)CCCC2. The number of rotatable bonds is 6. The summed E-state index contributed by atoms with van der Waals surface area (Å²) in [7, 11) is 4.18. The molecule has 0 fully saturated rings. The summed E-state index contributed by atoms with van der Waals surface area (Å²) < 4.78 is 0. The predicted octanol–water partition coefficient (Wildman–Crippen LogP) is 2.61. The third kappa shape index (κ3) is 3.95. The number of hydrogen-bond acceptors (Lipinski definition) is 4. The fourth-order valence-corrected chi connectivity index (χ4v) is 2.94. The summed E-state index contributed by atoms with van der Waals surface area (Å²) in [6, 6.07) is 4.42. The fraction of sp³-hybridized carbons (Fsp3) is 0.647. The van der Waals surface area contributed by atoms with Crippen LogP contribution >= 0.6 is 0 Å². The zero-order valence-corrected chi connectivity index (χ0v) is 13.5. The minimum atomic E-state index is 0.738. The van der Waals surface area contributed by atoms with Crippen molar-refractivity contribution in [1.82, 2.24) is 9.88 Å². The summed E-state index contributed by atoms with van der Waals surface area (Å²) in [5.74, 6) is 0.888. The van der Waals surface area contributed by atoms with Crippen LogP contribution in [0.1, 0.15) is 43.0 Å². The van der Waals surface area contributed by atoms with E-state index in [1.807, 2.05) is 0 Å². The molecule has 0 spiro atoms. The molecule has 4 nitrogen and oxygen atoms in total. The molecule has 0 bridgehead atoms. The number of hydrogen-bond donors (Lipinski definition) is 0. The van der Waals surface area contributed by atoms with Gasteiger partial charge in [-0.25, -0.2) is 4.98 Å². The topological polar surface area (TPSA) is 43.2 Å². The molecule has 1 aliphatic carbocycles. The second-order valence-electron chi connectivity index (χ2n) is 6.02. The van der Waals surface area contributed by atoms with Crippen molar-refractivity contribution in [3.63, 3.8) is 0 Å². The Kier molecular flexibility index (Phi) is 5.58. The smallest absolute Gasteiger partial charge is 0.146 e. The molecule has 0 radical (unpaired) electrons. The van der Waals surface area contributed by atoms with Gasteiger partial charge < -0.3 is 9.80 Å². The molecule has 0 N–H and O–H groups in total. The molecule has 0 atom stereocenters. The summed E-state index contributed by atoms with van der Waals surface area (Å²) >= 11 is 0. The molecular weight excluding hydrogens is 260 g/mol. The molecule has 1 aliphatic rings. The summed E-state index contributed by atoms with van der Waals surface area (Å²) in [5, 5.41) is 9.45. The van der Waals surface area contributed by atoms with Gasteiger partial charge >= 0.3 is 0 Å². The van der Waals surface area contributed by atoms with Crippen molar-refractivity contribution in [3.8, 4) is 6.07 Å². The van der Waals surface area contributed by atoms with E-state index in [0.29, 0.717) is 0 Å². The lowest BCUT2D eigenvalue weighted by atomic mass is 9.95. The van der Waals surface area contributed by atoms with E-state index in [0.717, 1.165) is 50.3 Å². The highest BCUT2D eigenvalue weighted by molar-refractivity contribution is 5.56. The lowest BCUT2D eigenvalue weighted by molar-refractivity contribution is 0.400. The number of nitrogens with zero attached hydrogens (tertiary/aromatic N) is 4. The van der Waals surface area contributed by atoms with Gasteiger partial charge in [-0.05, 0) is 71.3 Å². The molecule has 1 heterocycles. The average Bonchev–Trinajstić information content (AvgIpc) is 2.50. The largest absolute Gasteiger partial charge is 0.356 e. The fourth-order valence-electron chi connectivity index (χ4n) is 2.94. The van der Waals surface area contributed by atoms with Gasteiger partial charge in [-0.2, -0.15) is 5.26 Å². The van der Waals surface area contributed by atoms with E-state index in [-0.39, 0.29) is 0 Å². The zero-order chi connectivity index (χ0) is 15.2. The summed E-state index contributed by atoms with van der Waals surface area (Å²) in [6.45, 7) is 5.05. The van der Waals surface area contributed by atoms with Crippen LogP contribution in [-0.2, 0) is 12.8 Å². The Morgan fingerprint density at radius 2 is 2.00 bits per heavy atom. The van der Waals surface area contributed by atoms with Crippen molar-refractivity contribution < 1.29 is 0 Å². The maximum Gasteiger partial charge on any atom is 0.146 e. The van der Waals surface area contributed by atoms with Crippen LogP contribution in [0.25, 0.3) is 0 Å². The van der Waals surface area contributed by atoms with Crippen LogP contribution < -0.4 is 4.90 Å². The Morgan fingerprint density at radius 3 is 2.67 bits per heavy atom. The van der Waals surface area contributed by atoms with Crippen molar-refractivity contribution in [1.29, 1.82) is 5.26 Å². The summed E-state index contributed by atoms with van der Waals surface area (Å²) in [5.41, 5.74) is 3.23. The first-order valence-corrected chi connectivity index (χ1v) is 7.98. The van der Waals surface area contributed by atoms with Gasteiger partial charge in [0.25, 0.3) is 0 Å². The average molecular weight is 286 g/mol. The van der Waals surface area contributed by atoms with Gasteiger partial charge in [0.1, 0.15) is 11.9 Å². The Labute approximate surface area is 128 Å². The van der Waals surface area contributed by atoms with E-state index in [1.54, 1.807) is 0 Å². The third-order valence-electron chi connectivity index (χ3n) is 4.12. The lowest BCUT2D eigenvalue weighted by Crippen LogP contribution is -2.29. The van der Waals surface area contributed by atoms with Gasteiger partial charge in [0.15, 0.2) is 0 Å². The van der Waals surface area contributed by atoms with Crippen LogP contribution in [0.3, 0.4) is 0 Å². The number of pyridine rings is 1. The van der Waals surface area contributed by atoms with Crippen molar-refractivity contribution in [2.75, 3.05) is 38.6 Å². The van der Waals surface area contributed by atoms with Crippen molar-refractivity contribution >= 4 is 5.82 Å². The van der Waals surface area contributed by atoms with Crippen molar-refractivity contribution in [2.45, 2.75) is 39.0 Å². The number of anilines is 1. The monoisotopic (exact) mass is 286 g/mol. The van der Waals surface area contributed by atoms with Gasteiger partial charge in [0.05, 0.1) is 5.56 Å². The van der Waals surface area contributed by atoms with E-state index in [1.165, 1.54) is 24.1 Å². The summed E-state index contributed by atoms with van der Waals surface area (Å²) in [6.07, 6.45) is 5.66. The number of nitriles is 1. The first kappa shape index (κ1) is 15.8. The van der Waals surface area contributed by atoms with Crippen LogP contribution in [0.4, 0.5) is 5.82 Å². The van der Waals surface area contributed by atoms with E-state index < -0.39 is 0 Å². The molecule has 21 heavy (non-hydrogen) atoms. The molecule has 0 saturated carbocycles. The minimum absolute atomic E-state index is 0.738. The standard InChI is InChI=1S/C17H26N4/c1-4-21(11-7-10-20(2)3)17-15(13-18)12-14-8-5-6-9-16(14)19-17/h12H,4-11H2,1-3H3. The van der Waals surface area contributed by atoms with Crippen LogP contribution in [-0.4, -0.2) is 43.6 Å². The van der Waals surface area contributed by atoms with E-state index >= 15 is 0 Å². The van der Waals surface area contributed by atoms with Crippen LogP contribution in [0.5, 0.6) is 0 Å². The molecule has 0 aromatic carbocycles. The first-order valence-electron chi connectivity index (χ1n) is 7.98. The second kappa shape index (κ2) is 7.42. The number of fused-ring (bicyclic) bond motifs is 1. The summed E-state index contributed by atoms with van der Waals surface area (Å²) in [4.78, 5) is 9.28. The molecule has 0 unspecified atom stereocenters. The van der Waals surface area contributed by atoms with Crippen molar-refractivity contribution in [2.24, 2.45) is 0 Å². The molecule has 0 saturated heterocycles. The molecule has 114 valence electrons. The number of aryl methyl sites for hydroxylation is 2. The van der Waals surface area contributed by atoms with Gasteiger partial charge in [-0.3, -0.25) is 0 Å². The Morgan fingerprint density at radius 1 is 1.24 bits per heavy atom. The second-order valence-corrected chi connectivity index (χ2v) is 6.02. The van der Waals surface area contributed by atoms with Crippen molar-refractivity contribution in [3.05, 3.63) is 22.9 Å². The molecule has 0 amide bonds. The zero-order valence-electron chi connectivity index (χ0n) is 13.5. The maximum absolute atomic E-state index is 9.45. The Bertz CT molecular complexity index is 516. The first-order chi connectivity index (χ1) is 10.2. The highest BCUT2D eigenvalue weighted by Crippen LogP contribution is 2.26. The van der Waals surface area contributed by atoms with Gasteiger partial charge in [0, 0.05) is 18.8 Å². The molecule has 1 aromatic rings. The normalized spacial score (nSPS) is 13.9. The molecule has 2 rings (SSSR count). The van der Waals surface area contributed by atoms with Crippen LogP contribution in [0.2, 0.25) is 0 Å². The minimum Gasteiger partial charge on any atom is -0.356 e. The molecule has 4 heteroatoms. The molecule has 0 aliphatic heterocycles.